The topological polar surface area (TPSA) is 72.7 Å². The van der Waals surface area contributed by atoms with Crippen LogP contribution in [0, 0.1) is 13.8 Å². The Labute approximate surface area is 203 Å². The minimum atomic E-state index is -0.169. The van der Waals surface area contributed by atoms with E-state index in [1.165, 1.54) is 11.8 Å². The van der Waals surface area contributed by atoms with Gasteiger partial charge in [-0.15, -0.1) is 10.2 Å². The third-order valence-electron chi connectivity index (χ3n) is 4.67. The number of thioether (sulfide) groups is 1. The van der Waals surface area contributed by atoms with Crippen LogP contribution < -0.4 is 5.32 Å². The number of aryl methyl sites for hydroxylation is 2. The molecule has 0 radical (unpaired) electrons. The Hall–Kier alpha value is -2.68. The molecule has 0 spiro atoms. The predicted octanol–water partition coefficient (Wildman–Crippen LogP) is 6.09. The molecule has 1 N–H and O–H groups in total. The summed E-state index contributed by atoms with van der Waals surface area (Å²) in [4.78, 5) is 16.9. The first kappa shape index (κ1) is 22.5. The largest absolute Gasteiger partial charge is 0.324 e. The van der Waals surface area contributed by atoms with Crippen molar-refractivity contribution >= 4 is 50.9 Å². The summed E-state index contributed by atoms with van der Waals surface area (Å²) in [7, 11) is 0. The first-order chi connectivity index (χ1) is 15.4. The number of amides is 1. The van der Waals surface area contributed by atoms with Gasteiger partial charge in [0.05, 0.1) is 16.5 Å². The second kappa shape index (κ2) is 9.85. The van der Waals surface area contributed by atoms with Crippen molar-refractivity contribution in [2.45, 2.75) is 19.0 Å². The predicted molar refractivity (Wildman–Crippen MR) is 133 cm³/mol. The molecule has 2 heterocycles. The molecule has 0 aliphatic rings. The first-order valence-corrected chi connectivity index (χ1v) is 11.9. The number of carbonyl (C=O) groups is 1. The van der Waals surface area contributed by atoms with Crippen molar-refractivity contribution in [3.05, 3.63) is 81.5 Å². The molecule has 6 nitrogen and oxygen atoms in total. The summed E-state index contributed by atoms with van der Waals surface area (Å²) in [6.07, 6.45) is 3.45. The van der Waals surface area contributed by atoms with Gasteiger partial charge >= 0.3 is 0 Å². The quantitative estimate of drug-likeness (QED) is 0.307. The van der Waals surface area contributed by atoms with Crippen LogP contribution in [-0.4, -0.2) is 31.4 Å². The van der Waals surface area contributed by atoms with Crippen LogP contribution in [-0.2, 0) is 4.79 Å². The van der Waals surface area contributed by atoms with E-state index in [4.69, 9.17) is 11.6 Å². The number of pyridine rings is 1. The van der Waals surface area contributed by atoms with Crippen LogP contribution in [0.4, 0.5) is 5.69 Å². The second-order valence-corrected chi connectivity index (χ2v) is 9.40. The van der Waals surface area contributed by atoms with Gasteiger partial charge in [-0.1, -0.05) is 45.4 Å². The fourth-order valence-corrected chi connectivity index (χ4v) is 4.63. The molecule has 0 unspecified atom stereocenters. The highest BCUT2D eigenvalue weighted by molar-refractivity contribution is 9.10. The number of hydrogen-bond donors (Lipinski definition) is 1. The zero-order valence-corrected chi connectivity index (χ0v) is 20.5. The van der Waals surface area contributed by atoms with Gasteiger partial charge in [-0.25, -0.2) is 0 Å². The van der Waals surface area contributed by atoms with E-state index < -0.39 is 0 Å². The minimum Gasteiger partial charge on any atom is -0.324 e. The average molecular weight is 529 g/mol. The molecule has 0 atom stereocenters. The third kappa shape index (κ3) is 5.03. The molecule has 0 aliphatic carbocycles. The molecule has 162 valence electrons. The van der Waals surface area contributed by atoms with Gasteiger partial charge in [0.25, 0.3) is 0 Å². The highest BCUT2D eigenvalue weighted by atomic mass is 79.9. The maximum absolute atomic E-state index is 12.7. The highest BCUT2D eigenvalue weighted by Crippen LogP contribution is 2.30. The molecule has 2 aromatic carbocycles. The van der Waals surface area contributed by atoms with Crippen LogP contribution in [0.1, 0.15) is 11.1 Å². The van der Waals surface area contributed by atoms with Crippen molar-refractivity contribution in [2.24, 2.45) is 0 Å². The summed E-state index contributed by atoms with van der Waals surface area (Å²) in [6.45, 7) is 3.89. The molecule has 0 fully saturated rings. The summed E-state index contributed by atoms with van der Waals surface area (Å²) in [5.74, 6) is 0.642. The maximum atomic E-state index is 12.7. The van der Waals surface area contributed by atoms with Crippen molar-refractivity contribution in [3.8, 4) is 17.1 Å². The lowest BCUT2D eigenvalue weighted by Gasteiger charge is -2.12. The number of rotatable bonds is 6. The van der Waals surface area contributed by atoms with Gasteiger partial charge in [-0.2, -0.15) is 0 Å². The maximum Gasteiger partial charge on any atom is 0.234 e. The van der Waals surface area contributed by atoms with Crippen molar-refractivity contribution in [1.29, 1.82) is 0 Å². The number of carbonyl (C=O) groups excluding carboxylic acids is 1. The normalized spacial score (nSPS) is 10.9. The molecule has 0 saturated heterocycles. The van der Waals surface area contributed by atoms with E-state index in [2.05, 4.69) is 36.4 Å². The first-order valence-electron chi connectivity index (χ1n) is 9.73. The summed E-state index contributed by atoms with van der Waals surface area (Å²) in [6, 6.07) is 15.4. The number of halogens is 2. The fourth-order valence-electron chi connectivity index (χ4n) is 3.25. The Kier molecular flexibility index (Phi) is 6.93. The van der Waals surface area contributed by atoms with E-state index in [1.807, 2.05) is 66.9 Å². The smallest absolute Gasteiger partial charge is 0.234 e. The van der Waals surface area contributed by atoms with E-state index in [0.717, 1.165) is 26.9 Å². The molecular weight excluding hydrogens is 510 g/mol. The lowest BCUT2D eigenvalue weighted by molar-refractivity contribution is -0.113. The second-order valence-electron chi connectivity index (χ2n) is 7.14. The van der Waals surface area contributed by atoms with Crippen LogP contribution in [0.3, 0.4) is 0 Å². The Morgan fingerprint density at radius 2 is 1.94 bits per heavy atom. The number of aromatic nitrogens is 4. The average Bonchev–Trinajstić information content (AvgIpc) is 3.20. The summed E-state index contributed by atoms with van der Waals surface area (Å²) >= 11 is 11.1. The van der Waals surface area contributed by atoms with E-state index in [0.29, 0.717) is 21.7 Å². The SMILES string of the molecule is Cc1cc(C)c(NC(=O)CSc2nnc(-c3cccnc3)n2-c2ccc(Br)cc2)c(Cl)c1. The highest BCUT2D eigenvalue weighted by Gasteiger charge is 2.18. The molecular formula is C23H19BrClN5OS. The Bertz CT molecular complexity index is 1240. The van der Waals surface area contributed by atoms with E-state index >= 15 is 0 Å². The number of nitrogens with one attached hydrogen (secondary N) is 1. The zero-order valence-electron chi connectivity index (χ0n) is 17.3. The summed E-state index contributed by atoms with van der Waals surface area (Å²) in [5, 5.41) is 12.8. The van der Waals surface area contributed by atoms with Crippen LogP contribution >= 0.6 is 39.3 Å². The molecule has 0 bridgehead atoms. The number of nitrogens with zero attached hydrogens (tertiary/aromatic N) is 4. The van der Waals surface area contributed by atoms with Gasteiger partial charge in [0.2, 0.25) is 5.91 Å². The van der Waals surface area contributed by atoms with Gasteiger partial charge in [-0.3, -0.25) is 14.3 Å². The standard InChI is InChI=1S/C23H19BrClN5OS/c1-14-10-15(2)21(19(25)11-14)27-20(31)13-32-23-29-28-22(16-4-3-9-26-12-16)30(23)18-7-5-17(24)6-8-18/h3-12H,13H2,1-2H3,(H,27,31). The van der Waals surface area contributed by atoms with Crippen LogP contribution in [0.25, 0.3) is 17.1 Å². The Morgan fingerprint density at radius 1 is 1.16 bits per heavy atom. The minimum absolute atomic E-state index is 0.158. The summed E-state index contributed by atoms with van der Waals surface area (Å²) < 4.78 is 2.89. The van der Waals surface area contributed by atoms with Gasteiger partial charge in [0.1, 0.15) is 0 Å². The Morgan fingerprint density at radius 3 is 2.62 bits per heavy atom. The van der Waals surface area contributed by atoms with E-state index in [-0.39, 0.29) is 11.7 Å². The molecule has 0 saturated carbocycles. The van der Waals surface area contributed by atoms with Gasteiger partial charge in [-0.05, 0) is 67.4 Å². The zero-order chi connectivity index (χ0) is 22.7. The van der Waals surface area contributed by atoms with Crippen molar-refractivity contribution in [2.75, 3.05) is 11.1 Å². The summed E-state index contributed by atoms with van der Waals surface area (Å²) in [5.41, 5.74) is 4.32. The van der Waals surface area contributed by atoms with Gasteiger partial charge in [0.15, 0.2) is 11.0 Å². The monoisotopic (exact) mass is 527 g/mol. The third-order valence-corrected chi connectivity index (χ3v) is 6.42. The number of benzene rings is 2. The molecule has 2 aromatic heterocycles. The van der Waals surface area contributed by atoms with Gasteiger partial charge < -0.3 is 5.32 Å². The molecule has 9 heteroatoms. The molecule has 32 heavy (non-hydrogen) atoms. The molecule has 0 aliphatic heterocycles. The van der Waals surface area contributed by atoms with Crippen LogP contribution in [0.5, 0.6) is 0 Å². The van der Waals surface area contributed by atoms with Crippen molar-refractivity contribution in [1.82, 2.24) is 19.7 Å². The molecule has 1 amide bonds. The van der Waals surface area contributed by atoms with Gasteiger partial charge in [0, 0.05) is 28.1 Å². The lowest BCUT2D eigenvalue weighted by Crippen LogP contribution is -2.16. The van der Waals surface area contributed by atoms with E-state index in [1.54, 1.807) is 12.4 Å². The van der Waals surface area contributed by atoms with E-state index in [9.17, 15) is 4.79 Å². The Balaban J connectivity index is 1.59. The number of hydrogen-bond acceptors (Lipinski definition) is 5. The number of anilines is 1. The fraction of sp³-hybridized carbons (Fsp3) is 0.130. The van der Waals surface area contributed by atoms with Crippen molar-refractivity contribution < 1.29 is 4.79 Å². The van der Waals surface area contributed by atoms with Crippen molar-refractivity contribution in [3.63, 3.8) is 0 Å². The van der Waals surface area contributed by atoms with Crippen LogP contribution in [0.2, 0.25) is 5.02 Å². The molecule has 4 rings (SSSR count). The lowest BCUT2D eigenvalue weighted by atomic mass is 10.1. The molecule has 4 aromatic rings. The van der Waals surface area contributed by atoms with Crippen LogP contribution in [0.15, 0.2) is 70.6 Å².